The Kier molecular flexibility index (Phi) is 7.98. The summed E-state index contributed by atoms with van der Waals surface area (Å²) in [6.07, 6.45) is -9.45. The van der Waals surface area contributed by atoms with Crippen molar-refractivity contribution < 1.29 is 30.8 Å². The number of hydrogen-bond acceptors (Lipinski definition) is 4. The summed E-state index contributed by atoms with van der Waals surface area (Å²) in [6.45, 7) is 0. The summed E-state index contributed by atoms with van der Waals surface area (Å²) in [5, 5.41) is 2.47. The first-order valence-electron chi connectivity index (χ1n) is 18.2. The van der Waals surface area contributed by atoms with Gasteiger partial charge in [0.2, 0.25) is 0 Å². The van der Waals surface area contributed by atoms with Crippen LogP contribution in [0.15, 0.2) is 162 Å². The fraction of sp³-hybridized carbons (Fsp3) is 0.0426. The largest absolute Gasteiger partial charge is 0.456 e. The number of fused-ring (bicyclic) bond motifs is 6. The van der Waals surface area contributed by atoms with E-state index < -0.39 is 23.5 Å². The zero-order valence-electron chi connectivity index (χ0n) is 30.0. The molecule has 58 heavy (non-hydrogen) atoms. The lowest BCUT2D eigenvalue weighted by Gasteiger charge is -2.17. The summed E-state index contributed by atoms with van der Waals surface area (Å²) < 4.78 is 93.4. The van der Waals surface area contributed by atoms with Crippen LogP contribution in [0.3, 0.4) is 0 Å². The number of halogens is 6. The van der Waals surface area contributed by atoms with E-state index >= 15 is 0 Å². The first-order valence-corrected chi connectivity index (χ1v) is 18.2. The van der Waals surface area contributed by atoms with Gasteiger partial charge >= 0.3 is 12.4 Å². The molecule has 10 aromatic rings. The molecule has 11 heteroatoms. The Morgan fingerprint density at radius 3 is 1.48 bits per heavy atom. The molecule has 0 unspecified atom stereocenters. The highest BCUT2D eigenvalue weighted by molar-refractivity contribution is 6.10. The van der Waals surface area contributed by atoms with Gasteiger partial charge in [-0.05, 0) is 65.7 Å². The minimum atomic E-state index is -4.72. The molecule has 0 radical (unpaired) electrons. The van der Waals surface area contributed by atoms with E-state index in [2.05, 4.69) is 0 Å². The average molecular weight is 777 g/mol. The van der Waals surface area contributed by atoms with E-state index in [1.165, 1.54) is 16.7 Å². The molecule has 0 saturated heterocycles. The molecule has 10 rings (SSSR count). The molecule has 5 nitrogen and oxygen atoms in total. The van der Waals surface area contributed by atoms with E-state index in [0.29, 0.717) is 50.3 Å². The molecule has 0 N–H and O–H groups in total. The zero-order chi connectivity index (χ0) is 39.8. The molecule has 0 amide bonds. The number of hydrogen-bond donors (Lipinski definition) is 0. The van der Waals surface area contributed by atoms with Crippen molar-refractivity contribution in [3.63, 3.8) is 0 Å². The van der Waals surface area contributed by atoms with E-state index in [9.17, 15) is 26.3 Å². The third-order valence-corrected chi connectivity index (χ3v) is 10.3. The predicted molar refractivity (Wildman–Crippen MR) is 213 cm³/mol. The summed E-state index contributed by atoms with van der Waals surface area (Å²) in [4.78, 5) is 14.7. The molecule has 0 aliphatic heterocycles. The quantitative estimate of drug-likeness (QED) is 0.163. The molecule has 0 atom stereocenters. The molecule has 282 valence electrons. The summed E-state index contributed by atoms with van der Waals surface area (Å²) in [6, 6.07) is 43.6. The van der Waals surface area contributed by atoms with Crippen LogP contribution in [0, 0.1) is 0 Å². The maximum absolute atomic E-state index is 14.3. The van der Waals surface area contributed by atoms with Gasteiger partial charge in [0.05, 0.1) is 27.8 Å². The van der Waals surface area contributed by atoms with Gasteiger partial charge in [0.25, 0.3) is 0 Å². The molecule has 0 fully saturated rings. The Bertz CT molecular complexity index is 3080. The van der Waals surface area contributed by atoms with Gasteiger partial charge in [-0.3, -0.25) is 0 Å². The molecular weight excluding hydrogens is 751 g/mol. The number of benzene rings is 7. The van der Waals surface area contributed by atoms with Crippen molar-refractivity contribution in [3.8, 4) is 51.0 Å². The van der Waals surface area contributed by atoms with Crippen LogP contribution in [0.2, 0.25) is 0 Å². The number of furan rings is 1. The standard InChI is InChI=1S/C47H26F6N4O/c48-46(49,50)31-17-19-33-34-20-18-32(47(51,52)53)26-40(34)57(39(33)25-31)38-21-15-29(30-16-22-42-36(23-30)35-13-7-8-14-41(35)58-42)24-37(38)45-55-43(27-9-3-1-4-10-27)54-44(56-45)28-11-5-2-6-12-28/h1-26H. The number of aromatic nitrogens is 4. The Labute approximate surface area is 325 Å². The lowest BCUT2D eigenvalue weighted by Crippen LogP contribution is -2.07. The maximum Gasteiger partial charge on any atom is 0.416 e. The summed E-state index contributed by atoms with van der Waals surface area (Å²) in [7, 11) is 0. The number of para-hydroxylation sites is 1. The van der Waals surface area contributed by atoms with E-state index in [4.69, 9.17) is 19.4 Å². The molecule has 0 spiro atoms. The normalized spacial score (nSPS) is 12.3. The second-order valence-electron chi connectivity index (χ2n) is 13.9. The molecule has 0 saturated carbocycles. The van der Waals surface area contributed by atoms with Gasteiger partial charge < -0.3 is 8.98 Å². The van der Waals surface area contributed by atoms with Crippen molar-refractivity contribution in [1.82, 2.24) is 19.5 Å². The second kappa shape index (κ2) is 13.2. The van der Waals surface area contributed by atoms with Crippen molar-refractivity contribution in [2.24, 2.45) is 0 Å². The highest BCUT2D eigenvalue weighted by Gasteiger charge is 2.34. The molecule has 7 aromatic carbocycles. The third kappa shape index (κ3) is 6.03. The first kappa shape index (κ1) is 35.2. The van der Waals surface area contributed by atoms with Gasteiger partial charge in [0.15, 0.2) is 17.5 Å². The highest BCUT2D eigenvalue weighted by atomic mass is 19.4. The molecule has 0 aliphatic carbocycles. The van der Waals surface area contributed by atoms with Crippen LogP contribution in [-0.2, 0) is 12.4 Å². The average Bonchev–Trinajstić information content (AvgIpc) is 3.78. The monoisotopic (exact) mass is 776 g/mol. The van der Waals surface area contributed by atoms with Crippen LogP contribution in [0.25, 0.3) is 94.7 Å². The van der Waals surface area contributed by atoms with Gasteiger partial charge in [0.1, 0.15) is 11.2 Å². The van der Waals surface area contributed by atoms with Gasteiger partial charge in [-0.2, -0.15) is 26.3 Å². The van der Waals surface area contributed by atoms with Crippen LogP contribution in [0.5, 0.6) is 0 Å². The Balaban J connectivity index is 1.31. The number of rotatable bonds is 5. The van der Waals surface area contributed by atoms with E-state index in [1.54, 1.807) is 12.1 Å². The molecule has 3 heterocycles. The van der Waals surface area contributed by atoms with Crippen LogP contribution in [0.4, 0.5) is 26.3 Å². The molecule has 3 aromatic heterocycles. The lowest BCUT2D eigenvalue weighted by atomic mass is 9.99. The van der Waals surface area contributed by atoms with Crippen molar-refractivity contribution in [1.29, 1.82) is 0 Å². The second-order valence-corrected chi connectivity index (χ2v) is 13.9. The van der Waals surface area contributed by atoms with Crippen molar-refractivity contribution in [2.45, 2.75) is 12.4 Å². The van der Waals surface area contributed by atoms with Crippen molar-refractivity contribution >= 4 is 43.7 Å². The van der Waals surface area contributed by atoms with Crippen molar-refractivity contribution in [3.05, 3.63) is 169 Å². The number of nitrogens with zero attached hydrogens (tertiary/aromatic N) is 4. The van der Waals surface area contributed by atoms with Crippen molar-refractivity contribution in [2.75, 3.05) is 0 Å². The summed E-state index contributed by atoms with van der Waals surface area (Å²) in [5.41, 5.74) is 3.09. The smallest absolute Gasteiger partial charge is 0.416 e. The van der Waals surface area contributed by atoms with Crippen LogP contribution in [0.1, 0.15) is 11.1 Å². The molecule has 0 bridgehead atoms. The summed E-state index contributed by atoms with van der Waals surface area (Å²) in [5.74, 6) is 0.814. The SMILES string of the molecule is FC(F)(F)c1ccc2c3ccc(C(F)(F)F)cc3n(-c3ccc(-c4ccc5oc6ccccc6c5c4)cc3-c3nc(-c4ccccc4)nc(-c4ccccc4)n3)c2c1. The van der Waals surface area contributed by atoms with E-state index in [-0.39, 0.29) is 22.5 Å². The van der Waals surface area contributed by atoms with Gasteiger partial charge in [-0.1, -0.05) is 103 Å². The molecule has 0 aliphatic rings. The van der Waals surface area contributed by atoms with Gasteiger partial charge in [-0.25, -0.2) is 15.0 Å². The predicted octanol–water partition coefficient (Wildman–Crippen LogP) is 13.6. The topological polar surface area (TPSA) is 56.7 Å². The van der Waals surface area contributed by atoms with Crippen LogP contribution < -0.4 is 0 Å². The van der Waals surface area contributed by atoms with Crippen LogP contribution >= 0.6 is 0 Å². The Morgan fingerprint density at radius 1 is 0.397 bits per heavy atom. The fourth-order valence-corrected chi connectivity index (χ4v) is 7.56. The lowest BCUT2D eigenvalue weighted by molar-refractivity contribution is -0.138. The van der Waals surface area contributed by atoms with Gasteiger partial charge in [0, 0.05) is 38.2 Å². The van der Waals surface area contributed by atoms with E-state index in [0.717, 1.165) is 46.2 Å². The molecular formula is C47H26F6N4O. The Morgan fingerprint density at radius 2 is 0.897 bits per heavy atom. The fourth-order valence-electron chi connectivity index (χ4n) is 7.56. The minimum Gasteiger partial charge on any atom is -0.456 e. The Hall–Kier alpha value is -7.27. The third-order valence-electron chi connectivity index (χ3n) is 10.3. The summed E-state index contributed by atoms with van der Waals surface area (Å²) >= 11 is 0. The zero-order valence-corrected chi connectivity index (χ0v) is 30.0. The van der Waals surface area contributed by atoms with Gasteiger partial charge in [-0.15, -0.1) is 0 Å². The highest BCUT2D eigenvalue weighted by Crippen LogP contribution is 2.43. The maximum atomic E-state index is 14.3. The first-order chi connectivity index (χ1) is 28.0. The number of alkyl halides is 6. The van der Waals surface area contributed by atoms with Crippen LogP contribution in [-0.4, -0.2) is 19.5 Å². The van der Waals surface area contributed by atoms with E-state index in [1.807, 2.05) is 109 Å². The minimum absolute atomic E-state index is 0.0602.